The lowest BCUT2D eigenvalue weighted by atomic mass is 10.0. The Hall–Kier alpha value is -1.41. The molecule has 0 saturated carbocycles. The van der Waals surface area contributed by atoms with Crippen molar-refractivity contribution in [3.05, 3.63) is 18.2 Å². The van der Waals surface area contributed by atoms with E-state index in [1.165, 1.54) is 6.92 Å². The van der Waals surface area contributed by atoms with Crippen LogP contribution in [-0.2, 0) is 28.2 Å². The van der Waals surface area contributed by atoms with Gasteiger partial charge in [0.1, 0.15) is 5.82 Å². The molecule has 0 radical (unpaired) electrons. The number of hydrogen-bond donors (Lipinski definition) is 0. The lowest BCUT2D eigenvalue weighted by Crippen LogP contribution is -2.59. The number of carbonyl (C=O) groups is 1. The van der Waals surface area contributed by atoms with Crippen LogP contribution in [0.25, 0.3) is 0 Å². The maximum Gasteiger partial charge on any atom is 0.219 e. The molecule has 1 aromatic rings. The molecule has 0 aliphatic carbocycles. The van der Waals surface area contributed by atoms with Gasteiger partial charge < -0.3 is 9.47 Å². The van der Waals surface area contributed by atoms with E-state index in [1.807, 2.05) is 17.8 Å². The molecule has 3 rings (SSSR count). The van der Waals surface area contributed by atoms with E-state index in [9.17, 15) is 13.2 Å². The molecule has 0 N–H and O–H groups in total. The Kier molecular flexibility index (Phi) is 3.53. The van der Waals surface area contributed by atoms with E-state index in [0.717, 1.165) is 5.82 Å². The fraction of sp³-hybridized carbons (Fsp3) is 0.692. The number of aromatic nitrogens is 2. The molecule has 1 aromatic heterocycles. The molecular formula is C13H20N4O3S. The first-order valence-corrected chi connectivity index (χ1v) is 8.87. The van der Waals surface area contributed by atoms with Crippen molar-refractivity contribution in [3.8, 4) is 0 Å². The topological polar surface area (TPSA) is 75.5 Å². The van der Waals surface area contributed by atoms with E-state index in [2.05, 4.69) is 9.88 Å². The standard InChI is InChI=1S/C13H20N4O3S/c1-10(18)17-6-5-16(7-13-14-3-4-15(13)2)11-8-21(19,20)9-12(11)17/h3-4,11-12H,5-9H2,1-2H3/t11-,12+/m0/s1. The van der Waals surface area contributed by atoms with Gasteiger partial charge in [0, 0.05) is 45.5 Å². The number of nitrogens with zero attached hydrogens (tertiary/aromatic N) is 4. The van der Waals surface area contributed by atoms with Crippen molar-refractivity contribution in [2.75, 3.05) is 24.6 Å². The van der Waals surface area contributed by atoms with E-state index in [-0.39, 0.29) is 29.5 Å². The fourth-order valence-electron chi connectivity index (χ4n) is 3.34. The number of amides is 1. The van der Waals surface area contributed by atoms with Gasteiger partial charge in [-0.25, -0.2) is 13.4 Å². The van der Waals surface area contributed by atoms with Crippen molar-refractivity contribution in [2.45, 2.75) is 25.6 Å². The highest BCUT2D eigenvalue weighted by atomic mass is 32.2. The van der Waals surface area contributed by atoms with Gasteiger partial charge in [0.2, 0.25) is 5.91 Å². The normalized spacial score (nSPS) is 28.6. The van der Waals surface area contributed by atoms with E-state index in [4.69, 9.17) is 0 Å². The third kappa shape index (κ3) is 2.69. The van der Waals surface area contributed by atoms with Crippen LogP contribution in [0.1, 0.15) is 12.7 Å². The van der Waals surface area contributed by atoms with E-state index in [1.54, 1.807) is 11.1 Å². The molecule has 3 heterocycles. The largest absolute Gasteiger partial charge is 0.337 e. The molecule has 2 saturated heterocycles. The van der Waals surface area contributed by atoms with Gasteiger partial charge in [0.05, 0.1) is 24.1 Å². The van der Waals surface area contributed by atoms with Crippen LogP contribution in [0.15, 0.2) is 12.4 Å². The van der Waals surface area contributed by atoms with E-state index >= 15 is 0 Å². The van der Waals surface area contributed by atoms with Gasteiger partial charge in [-0.15, -0.1) is 0 Å². The molecule has 116 valence electrons. The Morgan fingerprint density at radius 1 is 1.33 bits per heavy atom. The Morgan fingerprint density at radius 2 is 2.05 bits per heavy atom. The Morgan fingerprint density at radius 3 is 2.67 bits per heavy atom. The van der Waals surface area contributed by atoms with Crippen LogP contribution >= 0.6 is 0 Å². The number of imidazole rings is 1. The third-order valence-electron chi connectivity index (χ3n) is 4.46. The zero-order valence-corrected chi connectivity index (χ0v) is 13.1. The highest BCUT2D eigenvalue weighted by Gasteiger charge is 2.47. The summed E-state index contributed by atoms with van der Waals surface area (Å²) in [5, 5.41) is 0. The van der Waals surface area contributed by atoms with E-state index in [0.29, 0.717) is 19.6 Å². The minimum atomic E-state index is -3.08. The highest BCUT2D eigenvalue weighted by Crippen LogP contribution is 2.28. The number of hydrogen-bond acceptors (Lipinski definition) is 5. The minimum Gasteiger partial charge on any atom is -0.337 e. The molecule has 0 unspecified atom stereocenters. The van der Waals surface area contributed by atoms with Gasteiger partial charge in [0.15, 0.2) is 9.84 Å². The van der Waals surface area contributed by atoms with E-state index < -0.39 is 9.84 Å². The van der Waals surface area contributed by atoms with Gasteiger partial charge in [-0.1, -0.05) is 0 Å². The summed E-state index contributed by atoms with van der Waals surface area (Å²) in [5.74, 6) is 1.08. The van der Waals surface area contributed by atoms with Crippen LogP contribution in [0.5, 0.6) is 0 Å². The lowest BCUT2D eigenvalue weighted by Gasteiger charge is -2.43. The van der Waals surface area contributed by atoms with Crippen molar-refractivity contribution in [1.82, 2.24) is 19.4 Å². The second-order valence-corrected chi connectivity index (χ2v) is 8.00. The SMILES string of the molecule is CC(=O)N1CCN(Cc2nccn2C)[C@H]2CS(=O)(=O)C[C@H]21. The zero-order valence-electron chi connectivity index (χ0n) is 12.3. The van der Waals surface area contributed by atoms with Crippen molar-refractivity contribution >= 4 is 15.7 Å². The maximum atomic E-state index is 12.0. The van der Waals surface area contributed by atoms with Crippen molar-refractivity contribution in [3.63, 3.8) is 0 Å². The molecule has 2 aliphatic rings. The van der Waals surface area contributed by atoms with Gasteiger partial charge in [-0.05, 0) is 0 Å². The summed E-state index contributed by atoms with van der Waals surface area (Å²) in [6.07, 6.45) is 3.62. The number of carbonyl (C=O) groups excluding carboxylic acids is 1. The molecule has 8 heteroatoms. The third-order valence-corrected chi connectivity index (χ3v) is 6.16. The maximum absolute atomic E-state index is 12.0. The molecule has 1 amide bonds. The van der Waals surface area contributed by atoms with Gasteiger partial charge in [-0.3, -0.25) is 9.69 Å². The molecule has 7 nitrogen and oxygen atoms in total. The monoisotopic (exact) mass is 312 g/mol. The second kappa shape index (κ2) is 5.10. The second-order valence-electron chi connectivity index (χ2n) is 5.85. The minimum absolute atomic E-state index is 0.0428. The van der Waals surface area contributed by atoms with Crippen molar-refractivity contribution in [2.24, 2.45) is 7.05 Å². The van der Waals surface area contributed by atoms with Gasteiger partial charge >= 0.3 is 0 Å². The predicted molar refractivity (Wildman–Crippen MR) is 77.2 cm³/mol. The van der Waals surface area contributed by atoms with Gasteiger partial charge in [-0.2, -0.15) is 0 Å². The summed E-state index contributed by atoms with van der Waals surface area (Å²) in [4.78, 5) is 19.9. The molecule has 2 fully saturated rings. The molecule has 0 spiro atoms. The average molecular weight is 312 g/mol. The van der Waals surface area contributed by atoms with Crippen molar-refractivity contribution in [1.29, 1.82) is 0 Å². The Labute approximate surface area is 124 Å². The van der Waals surface area contributed by atoms with Crippen LogP contribution in [0.2, 0.25) is 0 Å². The quantitative estimate of drug-likeness (QED) is 0.718. The van der Waals surface area contributed by atoms with Crippen LogP contribution in [0, 0.1) is 0 Å². The average Bonchev–Trinajstić information content (AvgIpc) is 2.92. The van der Waals surface area contributed by atoms with Crippen LogP contribution in [0.3, 0.4) is 0 Å². The molecule has 2 atom stereocenters. The first-order valence-electron chi connectivity index (χ1n) is 7.05. The van der Waals surface area contributed by atoms with Crippen LogP contribution in [-0.4, -0.2) is 70.4 Å². The predicted octanol–water partition coefficient (Wildman–Crippen LogP) is -0.750. The summed E-state index contributed by atoms with van der Waals surface area (Å²) < 4.78 is 25.9. The number of rotatable bonds is 2. The lowest BCUT2D eigenvalue weighted by molar-refractivity contribution is -0.134. The number of aryl methyl sites for hydroxylation is 1. The molecule has 21 heavy (non-hydrogen) atoms. The first-order chi connectivity index (χ1) is 9.87. The number of sulfone groups is 1. The molecule has 0 bridgehead atoms. The van der Waals surface area contributed by atoms with Crippen LogP contribution in [0.4, 0.5) is 0 Å². The zero-order chi connectivity index (χ0) is 15.2. The fourth-order valence-corrected chi connectivity index (χ4v) is 5.35. The Balaban J connectivity index is 1.84. The van der Waals surface area contributed by atoms with Gasteiger partial charge in [0.25, 0.3) is 0 Å². The summed E-state index contributed by atoms with van der Waals surface area (Å²) in [5.41, 5.74) is 0. The summed E-state index contributed by atoms with van der Waals surface area (Å²) >= 11 is 0. The first kappa shape index (κ1) is 14.5. The molecular weight excluding hydrogens is 292 g/mol. The smallest absolute Gasteiger partial charge is 0.219 e. The number of fused-ring (bicyclic) bond motifs is 1. The summed E-state index contributed by atoms with van der Waals surface area (Å²) in [7, 11) is -1.15. The highest BCUT2D eigenvalue weighted by molar-refractivity contribution is 7.91. The molecule has 0 aromatic carbocycles. The summed E-state index contributed by atoms with van der Waals surface area (Å²) in [6, 6.07) is -0.342. The number of piperazine rings is 1. The summed E-state index contributed by atoms with van der Waals surface area (Å²) in [6.45, 7) is 3.39. The van der Waals surface area contributed by atoms with Crippen LogP contribution < -0.4 is 0 Å². The Bertz CT molecular complexity index is 654. The molecule has 2 aliphatic heterocycles. The van der Waals surface area contributed by atoms with Crippen molar-refractivity contribution < 1.29 is 13.2 Å².